The van der Waals surface area contributed by atoms with Gasteiger partial charge in [-0.05, 0) is 115 Å². The molecule has 61 heavy (non-hydrogen) atoms. The first-order chi connectivity index (χ1) is 28.8. The summed E-state index contributed by atoms with van der Waals surface area (Å²) in [6, 6.07) is 30.9. The molecule has 0 unspecified atom stereocenters. The van der Waals surface area contributed by atoms with Crippen LogP contribution < -0.4 is 35.1 Å². The summed E-state index contributed by atoms with van der Waals surface area (Å²) < 4.78 is 64.8. The highest BCUT2D eigenvalue weighted by Gasteiger charge is 2.20. The van der Waals surface area contributed by atoms with Crippen LogP contribution in [0.1, 0.15) is 16.7 Å². The number of hydrogen-bond donors (Lipinski definition) is 5. The van der Waals surface area contributed by atoms with Gasteiger partial charge in [-0.15, -0.1) is 0 Å². The van der Waals surface area contributed by atoms with Crippen LogP contribution in [0.2, 0.25) is 15.1 Å². The van der Waals surface area contributed by atoms with Gasteiger partial charge in [-0.2, -0.15) is 0 Å². The number of aromatic hydroxyl groups is 1. The van der Waals surface area contributed by atoms with Crippen LogP contribution in [0.4, 0.5) is 11.4 Å². The fourth-order valence-electron chi connectivity index (χ4n) is 5.56. The van der Waals surface area contributed by atoms with Crippen molar-refractivity contribution in [1.82, 2.24) is 0 Å². The van der Waals surface area contributed by atoms with Crippen molar-refractivity contribution in [2.24, 2.45) is 10.3 Å². The van der Waals surface area contributed by atoms with E-state index in [0.29, 0.717) is 43.4 Å². The van der Waals surface area contributed by atoms with E-state index in [9.17, 15) is 31.5 Å². The number of sulfonamides is 2. The Morgan fingerprint density at radius 2 is 1.10 bits per heavy atom. The lowest BCUT2D eigenvalue weighted by molar-refractivity contribution is -0.116. The molecule has 0 heterocycles. The Bertz CT molecular complexity index is 2810. The molecule has 7 N–H and O–H groups in total. The molecule has 6 rings (SSSR count). The van der Waals surface area contributed by atoms with Gasteiger partial charge in [0.15, 0.2) is 0 Å². The minimum Gasteiger partial charge on any atom is -0.508 e. The standard InChI is InChI=1S/C22H20Cl2N2O5S.C20H17ClN2O5S/c1-13-8-18(24)17(20(9-13)30-2)12-22(27)26-15-6-7-19(21(11-15)32(25,28)29)31-16-5-3-4-14(23)10-16;21-14-2-1-3-17(11-14)28-18-9-6-15(12-19(18)29(22,26)27)23-20(25)10-13-4-7-16(24)8-5-13/h3-11H,12H2,1-2H3,(H,26,27)(H2,25,28,29);1-9,11-12,24H,10H2,(H,23,25)(H2,22,26,27). The molecular weight excluding hydrogens is 891 g/mol. The maximum Gasteiger partial charge on any atom is 0.241 e. The third-order valence-electron chi connectivity index (χ3n) is 8.27. The molecule has 0 aromatic heterocycles. The molecule has 0 aliphatic carbocycles. The molecule has 14 nitrogen and oxygen atoms in total. The maximum atomic E-state index is 12.6. The topological polar surface area (TPSA) is 226 Å². The van der Waals surface area contributed by atoms with Crippen LogP contribution in [0.3, 0.4) is 0 Å². The second-order valence-corrected chi connectivity index (χ2v) is 17.4. The number of methoxy groups -OCH3 is 1. The van der Waals surface area contributed by atoms with Crippen LogP contribution >= 0.6 is 34.8 Å². The number of carbonyl (C=O) groups excluding carboxylic acids is 2. The molecule has 318 valence electrons. The average molecular weight is 928 g/mol. The number of amides is 2. The number of rotatable bonds is 13. The highest BCUT2D eigenvalue weighted by Crippen LogP contribution is 2.34. The van der Waals surface area contributed by atoms with Crippen LogP contribution in [-0.2, 0) is 42.5 Å². The predicted molar refractivity (Wildman–Crippen MR) is 234 cm³/mol. The van der Waals surface area contributed by atoms with E-state index in [1.807, 2.05) is 6.92 Å². The summed E-state index contributed by atoms with van der Waals surface area (Å²) in [6.45, 7) is 1.86. The zero-order valence-electron chi connectivity index (χ0n) is 32.2. The fourth-order valence-corrected chi connectivity index (χ4v) is 7.62. The molecule has 0 saturated heterocycles. The Balaban J connectivity index is 0.000000232. The van der Waals surface area contributed by atoms with Crippen molar-refractivity contribution in [2.75, 3.05) is 17.7 Å². The van der Waals surface area contributed by atoms with Crippen molar-refractivity contribution in [1.29, 1.82) is 0 Å². The third kappa shape index (κ3) is 13.6. The Morgan fingerprint density at radius 3 is 1.54 bits per heavy atom. The fraction of sp³-hybridized carbons (Fsp3) is 0.0952. The number of carbonyl (C=O) groups is 2. The number of primary sulfonamides is 2. The summed E-state index contributed by atoms with van der Waals surface area (Å²) in [5, 5.41) is 26.5. The molecule has 0 spiro atoms. The lowest BCUT2D eigenvalue weighted by atomic mass is 10.1. The molecule has 0 aliphatic rings. The van der Waals surface area contributed by atoms with Gasteiger partial charge in [0.2, 0.25) is 31.9 Å². The number of ether oxygens (including phenoxy) is 3. The van der Waals surface area contributed by atoms with Gasteiger partial charge in [0.05, 0.1) is 20.0 Å². The molecular formula is C42H37Cl3N4O10S2. The van der Waals surface area contributed by atoms with E-state index in [1.165, 1.54) is 67.8 Å². The van der Waals surface area contributed by atoms with Gasteiger partial charge in [0.25, 0.3) is 0 Å². The van der Waals surface area contributed by atoms with Crippen molar-refractivity contribution in [3.8, 4) is 34.5 Å². The summed E-state index contributed by atoms with van der Waals surface area (Å²) in [6.07, 6.45) is -0.0283. The van der Waals surface area contributed by atoms with E-state index in [1.54, 1.807) is 60.7 Å². The van der Waals surface area contributed by atoms with Gasteiger partial charge in [-0.3, -0.25) is 9.59 Å². The van der Waals surface area contributed by atoms with Crippen LogP contribution in [0.25, 0.3) is 0 Å². The summed E-state index contributed by atoms with van der Waals surface area (Å²) in [5.41, 5.74) is 2.57. The number of halogens is 3. The minimum atomic E-state index is -4.15. The third-order valence-corrected chi connectivity index (χ3v) is 10.9. The molecule has 19 heteroatoms. The molecule has 0 radical (unpaired) electrons. The molecule has 0 atom stereocenters. The average Bonchev–Trinajstić information content (AvgIpc) is 3.17. The molecule has 0 fully saturated rings. The lowest BCUT2D eigenvalue weighted by Gasteiger charge is -2.14. The quantitative estimate of drug-likeness (QED) is 0.0741. The lowest BCUT2D eigenvalue weighted by Crippen LogP contribution is -2.17. The number of nitrogens with two attached hydrogens (primary N) is 2. The Kier molecular flexibility index (Phi) is 15.3. The zero-order chi connectivity index (χ0) is 44.5. The van der Waals surface area contributed by atoms with Crippen LogP contribution in [0, 0.1) is 6.92 Å². The van der Waals surface area contributed by atoms with Crippen LogP contribution in [0.5, 0.6) is 34.5 Å². The van der Waals surface area contributed by atoms with Gasteiger partial charge >= 0.3 is 0 Å². The predicted octanol–water partition coefficient (Wildman–Crippen LogP) is 8.60. The number of hydrogen-bond acceptors (Lipinski definition) is 10. The highest BCUT2D eigenvalue weighted by atomic mass is 35.5. The zero-order valence-corrected chi connectivity index (χ0v) is 36.1. The van der Waals surface area contributed by atoms with E-state index < -0.39 is 26.0 Å². The van der Waals surface area contributed by atoms with E-state index in [-0.39, 0.29) is 57.2 Å². The summed E-state index contributed by atoms with van der Waals surface area (Å²) in [5.74, 6) is 0.481. The van der Waals surface area contributed by atoms with Gasteiger partial charge < -0.3 is 30.0 Å². The number of aryl methyl sites for hydroxylation is 1. The number of nitrogens with one attached hydrogen (secondary N) is 2. The second kappa shape index (κ2) is 20.1. The SMILES string of the molecule is COc1cc(C)cc(Cl)c1CC(=O)Nc1ccc(Oc2cccc(Cl)c2)c(S(N)(=O)=O)c1.NS(=O)(=O)c1cc(NC(=O)Cc2ccc(O)cc2)ccc1Oc1cccc(Cl)c1. The van der Waals surface area contributed by atoms with E-state index in [0.717, 1.165) is 5.56 Å². The normalized spacial score (nSPS) is 11.1. The van der Waals surface area contributed by atoms with Crippen molar-refractivity contribution in [3.05, 3.63) is 153 Å². The Morgan fingerprint density at radius 1 is 0.623 bits per heavy atom. The van der Waals surface area contributed by atoms with E-state index in [2.05, 4.69) is 10.6 Å². The van der Waals surface area contributed by atoms with Gasteiger partial charge in [0, 0.05) is 32.0 Å². The molecule has 6 aromatic rings. The van der Waals surface area contributed by atoms with Crippen molar-refractivity contribution in [3.63, 3.8) is 0 Å². The first-order valence-corrected chi connectivity index (χ1v) is 21.9. The van der Waals surface area contributed by atoms with E-state index >= 15 is 0 Å². The van der Waals surface area contributed by atoms with Gasteiger partial charge in [0.1, 0.15) is 44.3 Å². The van der Waals surface area contributed by atoms with Crippen molar-refractivity contribution < 1.29 is 45.7 Å². The van der Waals surface area contributed by atoms with Crippen LogP contribution in [0.15, 0.2) is 131 Å². The second-order valence-electron chi connectivity index (χ2n) is 13.1. The Hall–Kier alpha value is -5.85. The highest BCUT2D eigenvalue weighted by molar-refractivity contribution is 7.89. The van der Waals surface area contributed by atoms with Crippen LogP contribution in [-0.4, -0.2) is 40.9 Å². The number of phenolic OH excluding ortho intramolecular Hbond substituents is 1. The number of anilines is 2. The summed E-state index contributed by atoms with van der Waals surface area (Å²) in [4.78, 5) is 24.3. The van der Waals surface area contributed by atoms with Crippen molar-refractivity contribution in [2.45, 2.75) is 29.6 Å². The first-order valence-electron chi connectivity index (χ1n) is 17.7. The van der Waals surface area contributed by atoms with Gasteiger partial charge in [-0.25, -0.2) is 27.1 Å². The monoisotopic (exact) mass is 926 g/mol. The maximum absolute atomic E-state index is 12.6. The summed E-state index contributed by atoms with van der Waals surface area (Å²) in [7, 11) is -6.79. The molecule has 0 bridgehead atoms. The number of phenols is 1. The molecule has 0 saturated carbocycles. The molecule has 6 aromatic carbocycles. The first kappa shape index (κ1) is 46.2. The number of benzene rings is 6. The molecule has 2 amide bonds. The minimum absolute atomic E-state index is 0.00369. The van der Waals surface area contributed by atoms with E-state index in [4.69, 9.17) is 59.3 Å². The smallest absolute Gasteiger partial charge is 0.241 e. The molecule has 0 aliphatic heterocycles. The van der Waals surface area contributed by atoms with Crippen molar-refractivity contribution >= 4 is 78.0 Å². The van der Waals surface area contributed by atoms with Gasteiger partial charge in [-0.1, -0.05) is 59.1 Å². The largest absolute Gasteiger partial charge is 0.508 e. The summed E-state index contributed by atoms with van der Waals surface area (Å²) >= 11 is 18.1. The Labute approximate surface area is 367 Å².